The van der Waals surface area contributed by atoms with Crippen LogP contribution in [0.25, 0.3) is 53.9 Å². The third-order valence-corrected chi connectivity index (χ3v) is 15.6. The van der Waals surface area contributed by atoms with Crippen LogP contribution in [0.3, 0.4) is 0 Å². The van der Waals surface area contributed by atoms with Crippen molar-refractivity contribution in [2.75, 3.05) is 15.5 Å². The smallest absolute Gasteiger partial charge is 0.326 e. The molecule has 0 amide bonds. The lowest BCUT2D eigenvalue weighted by Gasteiger charge is -2.30. The zero-order valence-corrected chi connectivity index (χ0v) is 51.7. The van der Waals surface area contributed by atoms with Crippen molar-refractivity contribution >= 4 is 118 Å². The van der Waals surface area contributed by atoms with Crippen LogP contribution in [0.1, 0.15) is 44.4 Å². The molecule has 21 heteroatoms. The average Bonchev–Trinajstić information content (AvgIpc) is 0.741. The number of nitrogens with zero attached hydrogens (tertiary/aromatic N) is 2. The molecule has 0 bridgehead atoms. The lowest BCUT2D eigenvalue weighted by Crippen LogP contribution is -2.53. The van der Waals surface area contributed by atoms with E-state index in [-0.39, 0.29) is 18.5 Å². The molecule has 11 rings (SSSR count). The summed E-state index contributed by atoms with van der Waals surface area (Å²) >= 11 is 0. The number of carboxylic acids is 6. The van der Waals surface area contributed by atoms with Crippen LogP contribution in [0, 0.1) is 10.1 Å². The van der Waals surface area contributed by atoms with Crippen molar-refractivity contribution in [1.29, 1.82) is 0 Å². The standard InChI is InChI=1S/C37H33N3O6.2C13H13NO2.C10H12N2O4/c1-22(35(41)42)40(30-20-27-14-12-25-8-5-9-26-13-15-28(21-30)34(27)33(25)26)29-16-10-24(11-17-29)19-32(37(45)46)39-38-31(36(43)44)18-23-6-3-2-4-7-23;1-9(13(15)16)14-12-8-4-6-10-5-2-3-7-11(10)12;1-9(13(15)16)14-12-7-6-10-4-2-3-5-11(10)8-12;1-7(10(13)14)11-6-8-2-4-9(5-3-8)12(15)16/h2-17,20-22,31-32,38-39H,18-19H2,1H3,(H,41,42)(H,43,44)(H,45,46);2*2-9,14H,1H3,(H,15,16);2-5,7,11H,6H2,1H3,(H,13,14)/t22-,31-,32-;2*9-;7-/m0000/s1. The van der Waals surface area contributed by atoms with Gasteiger partial charge in [-0.2, -0.15) is 0 Å². The van der Waals surface area contributed by atoms with Crippen molar-refractivity contribution < 1.29 is 64.3 Å². The van der Waals surface area contributed by atoms with E-state index < -0.39 is 77.0 Å². The van der Waals surface area contributed by atoms with Crippen LogP contribution in [-0.4, -0.2) is 108 Å². The van der Waals surface area contributed by atoms with E-state index in [2.05, 4.69) is 63.2 Å². The van der Waals surface area contributed by atoms with E-state index in [1.807, 2.05) is 133 Å². The zero-order valence-electron chi connectivity index (χ0n) is 51.7. The Hall–Kier alpha value is -11.5. The van der Waals surface area contributed by atoms with Crippen molar-refractivity contribution in [3.63, 3.8) is 0 Å². The van der Waals surface area contributed by atoms with Crippen molar-refractivity contribution in [2.24, 2.45) is 0 Å². The number of nitro benzene ring substituents is 1. The molecule has 94 heavy (non-hydrogen) atoms. The second-order valence-electron chi connectivity index (χ2n) is 22.4. The van der Waals surface area contributed by atoms with Gasteiger partial charge in [-0.15, -0.1) is 0 Å². The summed E-state index contributed by atoms with van der Waals surface area (Å²) in [6.45, 7) is 6.78. The van der Waals surface area contributed by atoms with E-state index >= 15 is 0 Å². The first-order valence-electron chi connectivity index (χ1n) is 30.0. The second-order valence-corrected chi connectivity index (χ2v) is 22.4. The predicted molar refractivity (Wildman–Crippen MR) is 365 cm³/mol. The molecule has 11 aromatic carbocycles. The minimum Gasteiger partial charge on any atom is -0.480 e. The highest BCUT2D eigenvalue weighted by molar-refractivity contribution is 6.23. The number of hydrogen-bond acceptors (Lipinski definition) is 14. The van der Waals surface area contributed by atoms with E-state index in [1.165, 1.54) is 24.4 Å². The van der Waals surface area contributed by atoms with Crippen LogP contribution in [0.2, 0.25) is 0 Å². The van der Waals surface area contributed by atoms with Crippen LogP contribution in [-0.2, 0) is 48.2 Å². The third kappa shape index (κ3) is 18.1. The molecule has 0 spiro atoms. The Morgan fingerprint density at radius 1 is 0.415 bits per heavy atom. The summed E-state index contributed by atoms with van der Waals surface area (Å²) in [5, 5.41) is 86.0. The topological polar surface area (TPSA) is 330 Å². The summed E-state index contributed by atoms with van der Waals surface area (Å²) in [7, 11) is 0. The van der Waals surface area contributed by atoms with Gasteiger partial charge >= 0.3 is 35.8 Å². The number of nitrogens with one attached hydrogen (secondary N) is 5. The first kappa shape index (κ1) is 68.4. The van der Waals surface area contributed by atoms with Crippen molar-refractivity contribution in [1.82, 2.24) is 16.2 Å². The van der Waals surface area contributed by atoms with Gasteiger partial charge in [-0.3, -0.25) is 34.1 Å². The van der Waals surface area contributed by atoms with Crippen molar-refractivity contribution in [3.8, 4) is 0 Å². The molecule has 11 N–H and O–H groups in total. The summed E-state index contributed by atoms with van der Waals surface area (Å²) in [4.78, 5) is 79.9. The van der Waals surface area contributed by atoms with Crippen LogP contribution < -0.4 is 31.7 Å². The third-order valence-electron chi connectivity index (χ3n) is 15.6. The molecule has 0 aliphatic rings. The molecular weight excluding hydrogens is 1200 g/mol. The van der Waals surface area contributed by atoms with Crippen LogP contribution in [0.5, 0.6) is 0 Å². The molecule has 0 unspecified atom stereocenters. The number of anilines is 4. The summed E-state index contributed by atoms with van der Waals surface area (Å²) in [5.41, 5.74) is 10.7. The van der Waals surface area contributed by atoms with E-state index in [1.54, 1.807) is 62.1 Å². The maximum atomic E-state index is 12.3. The fraction of sp³-hybridized carbons (Fsp3) is 0.178. The van der Waals surface area contributed by atoms with Gasteiger partial charge in [0.1, 0.15) is 36.3 Å². The molecule has 0 fully saturated rings. The number of non-ortho nitro benzene ring substituents is 1. The number of fused-ring (bicyclic) bond motifs is 2. The molecule has 0 aromatic heterocycles. The summed E-state index contributed by atoms with van der Waals surface area (Å²) in [6.07, 6.45) is 0.237. The summed E-state index contributed by atoms with van der Waals surface area (Å²) in [5.74, 6) is -5.87. The molecule has 0 heterocycles. The quantitative estimate of drug-likeness (QED) is 0.0152. The number of carbonyl (C=O) groups is 6. The fourth-order valence-electron chi connectivity index (χ4n) is 10.4. The molecule has 0 aliphatic heterocycles. The molecule has 6 atom stereocenters. The van der Waals surface area contributed by atoms with Crippen molar-refractivity contribution in [2.45, 2.75) is 83.3 Å². The molecular formula is C73H71N7O14. The van der Waals surface area contributed by atoms with E-state index in [9.17, 15) is 54.2 Å². The molecule has 482 valence electrons. The molecule has 0 saturated carbocycles. The van der Waals surface area contributed by atoms with Gasteiger partial charge in [0, 0.05) is 46.8 Å². The Kier molecular flexibility index (Phi) is 23.3. The lowest BCUT2D eigenvalue weighted by molar-refractivity contribution is -0.384. The maximum Gasteiger partial charge on any atom is 0.326 e. The Morgan fingerprint density at radius 3 is 1.43 bits per heavy atom. The Labute approximate surface area is 540 Å². The highest BCUT2D eigenvalue weighted by atomic mass is 16.6. The predicted octanol–water partition coefficient (Wildman–Crippen LogP) is 12.6. The average molecular weight is 1270 g/mol. The minimum atomic E-state index is -1.14. The number of aliphatic carboxylic acids is 6. The van der Waals surface area contributed by atoms with Gasteiger partial charge in [-0.25, -0.2) is 15.6 Å². The molecule has 0 radical (unpaired) electrons. The fourth-order valence-corrected chi connectivity index (χ4v) is 10.4. The van der Waals surface area contributed by atoms with Gasteiger partial charge in [-0.05, 0) is 148 Å². The highest BCUT2D eigenvalue weighted by Gasteiger charge is 2.26. The van der Waals surface area contributed by atoms with Crippen molar-refractivity contribution in [3.05, 3.63) is 245 Å². The SMILES string of the molecule is C[C@@H](C(=O)O)N(c1ccc(C[C@H](NN[C@@H](Cc2ccccc2)C(=O)O)C(=O)O)cc1)c1cc2ccc3cccc4ccc(c1)c2c34.C[C@H](NCc1ccc([N+](=O)[O-])cc1)C(=O)O.C[C@H](Nc1ccc2ccccc2c1)C(=O)O.C[C@H](Nc1cccc2ccccc12)C(=O)O. The Morgan fingerprint density at radius 2 is 0.872 bits per heavy atom. The number of hydrazine groups is 1. The van der Waals surface area contributed by atoms with Crippen LogP contribution in [0.15, 0.2) is 218 Å². The van der Waals surface area contributed by atoms with E-state index in [0.29, 0.717) is 17.8 Å². The van der Waals surface area contributed by atoms with Gasteiger partial charge in [-0.1, -0.05) is 164 Å². The van der Waals surface area contributed by atoms with E-state index in [0.717, 1.165) is 76.7 Å². The molecule has 11 aromatic rings. The molecule has 0 saturated heterocycles. The minimum absolute atomic E-state index is 0.0232. The summed E-state index contributed by atoms with van der Waals surface area (Å²) in [6, 6.07) is 63.3. The van der Waals surface area contributed by atoms with Crippen LogP contribution in [0.4, 0.5) is 28.4 Å². The second kappa shape index (κ2) is 32.0. The van der Waals surface area contributed by atoms with E-state index in [4.69, 9.17) is 15.3 Å². The lowest BCUT2D eigenvalue weighted by atomic mass is 9.93. The number of nitro groups is 1. The Balaban J connectivity index is 0.000000191. The summed E-state index contributed by atoms with van der Waals surface area (Å²) < 4.78 is 0. The highest BCUT2D eigenvalue weighted by Crippen LogP contribution is 2.39. The molecule has 0 aliphatic carbocycles. The van der Waals surface area contributed by atoms with Gasteiger partial charge in [0.15, 0.2) is 0 Å². The van der Waals surface area contributed by atoms with Crippen LogP contribution >= 0.6 is 0 Å². The molecule has 21 nitrogen and oxygen atoms in total. The Bertz CT molecular complexity index is 4380. The largest absolute Gasteiger partial charge is 0.480 e. The monoisotopic (exact) mass is 1270 g/mol. The first-order valence-corrected chi connectivity index (χ1v) is 30.0. The maximum absolute atomic E-state index is 12.3. The number of rotatable bonds is 24. The van der Waals surface area contributed by atoms with Gasteiger partial charge in [0.05, 0.1) is 4.92 Å². The number of carboxylic acid groups (broad SMARTS) is 6. The zero-order chi connectivity index (χ0) is 67.6. The number of hydrogen-bond donors (Lipinski definition) is 11. The van der Waals surface area contributed by atoms with Gasteiger partial charge in [0.2, 0.25) is 0 Å². The van der Waals surface area contributed by atoms with Gasteiger partial charge in [0.25, 0.3) is 5.69 Å². The number of benzene rings is 11. The normalized spacial score (nSPS) is 12.9. The first-order chi connectivity index (χ1) is 45.0. The van der Waals surface area contributed by atoms with Gasteiger partial charge < -0.3 is 51.5 Å².